The van der Waals surface area contributed by atoms with Gasteiger partial charge >= 0.3 is 0 Å². The predicted octanol–water partition coefficient (Wildman–Crippen LogP) is 3.97. The lowest BCUT2D eigenvalue weighted by Gasteiger charge is -2.14. The molecule has 0 bridgehead atoms. The Balaban J connectivity index is 0.00000288. The lowest BCUT2D eigenvalue weighted by molar-refractivity contribution is 0.184. The molecule has 0 spiro atoms. The van der Waals surface area contributed by atoms with Crippen LogP contribution in [0.2, 0.25) is 5.02 Å². The van der Waals surface area contributed by atoms with Gasteiger partial charge < -0.3 is 15.4 Å². The van der Waals surface area contributed by atoms with Gasteiger partial charge in [-0.25, -0.2) is 0 Å². The van der Waals surface area contributed by atoms with E-state index in [0.29, 0.717) is 19.7 Å². The van der Waals surface area contributed by atoms with E-state index in [1.807, 2.05) is 36.4 Å². The first-order valence-corrected chi connectivity index (χ1v) is 7.85. The van der Waals surface area contributed by atoms with Crippen LogP contribution in [0.4, 0.5) is 0 Å². The van der Waals surface area contributed by atoms with Crippen molar-refractivity contribution < 1.29 is 4.74 Å². The van der Waals surface area contributed by atoms with E-state index in [0.717, 1.165) is 16.5 Å². The molecule has 0 fully saturated rings. The summed E-state index contributed by atoms with van der Waals surface area (Å²) < 4.78 is 5.23. The van der Waals surface area contributed by atoms with Crippen LogP contribution in [-0.2, 0) is 24.4 Å². The highest BCUT2D eigenvalue weighted by Gasteiger charge is 2.03. The number of nitrogens with zero attached hydrogens (tertiary/aromatic N) is 1. The number of ether oxygens (including phenoxy) is 1. The molecule has 24 heavy (non-hydrogen) atoms. The first-order valence-electron chi connectivity index (χ1n) is 7.47. The van der Waals surface area contributed by atoms with Crippen molar-refractivity contribution in [3.8, 4) is 0 Å². The van der Waals surface area contributed by atoms with Gasteiger partial charge in [-0.15, -0.1) is 24.0 Å². The molecule has 6 heteroatoms. The van der Waals surface area contributed by atoms with Crippen molar-refractivity contribution in [2.75, 3.05) is 14.2 Å². The van der Waals surface area contributed by atoms with Crippen molar-refractivity contribution in [3.05, 3.63) is 70.2 Å². The quantitative estimate of drug-likeness (QED) is 0.390. The van der Waals surface area contributed by atoms with Gasteiger partial charge in [0.2, 0.25) is 0 Å². The summed E-state index contributed by atoms with van der Waals surface area (Å²) in [5, 5.41) is 7.36. The molecule has 2 aromatic carbocycles. The van der Waals surface area contributed by atoms with Crippen LogP contribution in [0.15, 0.2) is 53.5 Å². The lowest BCUT2D eigenvalue weighted by atomic mass is 10.1. The van der Waals surface area contributed by atoms with Gasteiger partial charge in [0.05, 0.1) is 6.61 Å². The van der Waals surface area contributed by atoms with Gasteiger partial charge in [0, 0.05) is 32.3 Å². The van der Waals surface area contributed by atoms with Crippen LogP contribution < -0.4 is 10.6 Å². The Morgan fingerprint density at radius 3 is 2.25 bits per heavy atom. The maximum atomic E-state index is 5.89. The zero-order valence-corrected chi connectivity index (χ0v) is 17.0. The summed E-state index contributed by atoms with van der Waals surface area (Å²) in [6, 6.07) is 16.0. The normalized spacial score (nSPS) is 10.9. The molecule has 0 aromatic heterocycles. The Morgan fingerprint density at radius 2 is 1.62 bits per heavy atom. The number of benzene rings is 2. The number of guanidine groups is 1. The molecule has 2 rings (SSSR count). The summed E-state index contributed by atoms with van der Waals surface area (Å²) >= 11 is 5.89. The lowest BCUT2D eigenvalue weighted by Crippen LogP contribution is -2.36. The fourth-order valence-electron chi connectivity index (χ4n) is 2.21. The number of halogens is 2. The SMILES string of the molecule is CN=C(NCc1ccc(Cl)cc1)NCc1ccccc1COC.I. The molecular formula is C18H23ClIN3O. The van der Waals surface area contributed by atoms with Crippen LogP contribution in [0.1, 0.15) is 16.7 Å². The van der Waals surface area contributed by atoms with E-state index in [9.17, 15) is 0 Å². The molecule has 130 valence electrons. The largest absolute Gasteiger partial charge is 0.380 e. The molecule has 0 aliphatic rings. The van der Waals surface area contributed by atoms with E-state index in [-0.39, 0.29) is 24.0 Å². The van der Waals surface area contributed by atoms with E-state index < -0.39 is 0 Å². The van der Waals surface area contributed by atoms with Crippen LogP contribution in [0.25, 0.3) is 0 Å². The molecule has 0 aliphatic carbocycles. The standard InChI is InChI=1S/C18H22ClN3O.HI/c1-20-18(21-11-14-7-9-17(19)10-8-14)22-12-15-5-3-4-6-16(15)13-23-2;/h3-10H,11-13H2,1-2H3,(H2,20,21,22);1H. The van der Waals surface area contributed by atoms with E-state index in [1.165, 1.54) is 11.1 Å². The minimum absolute atomic E-state index is 0. The second-order valence-corrected chi connectivity index (χ2v) is 5.54. The van der Waals surface area contributed by atoms with Crippen molar-refractivity contribution in [1.82, 2.24) is 10.6 Å². The van der Waals surface area contributed by atoms with Crippen LogP contribution in [-0.4, -0.2) is 20.1 Å². The number of hydrogen-bond acceptors (Lipinski definition) is 2. The van der Waals surface area contributed by atoms with Crippen LogP contribution in [0.5, 0.6) is 0 Å². The molecule has 0 atom stereocenters. The second-order valence-electron chi connectivity index (χ2n) is 5.11. The van der Waals surface area contributed by atoms with Crippen molar-refractivity contribution in [3.63, 3.8) is 0 Å². The van der Waals surface area contributed by atoms with Crippen molar-refractivity contribution in [1.29, 1.82) is 0 Å². The van der Waals surface area contributed by atoms with Gasteiger partial charge in [-0.2, -0.15) is 0 Å². The highest BCUT2D eigenvalue weighted by molar-refractivity contribution is 14.0. The Morgan fingerprint density at radius 1 is 1.00 bits per heavy atom. The average molecular weight is 460 g/mol. The minimum Gasteiger partial charge on any atom is -0.380 e. The average Bonchev–Trinajstić information content (AvgIpc) is 2.58. The van der Waals surface area contributed by atoms with Gasteiger partial charge in [-0.1, -0.05) is 48.0 Å². The molecule has 2 N–H and O–H groups in total. The smallest absolute Gasteiger partial charge is 0.191 e. The number of aliphatic imine (C=N–C) groups is 1. The molecule has 0 saturated carbocycles. The van der Waals surface area contributed by atoms with E-state index in [4.69, 9.17) is 16.3 Å². The summed E-state index contributed by atoms with van der Waals surface area (Å²) in [7, 11) is 3.47. The molecule has 0 amide bonds. The fourth-order valence-corrected chi connectivity index (χ4v) is 2.34. The molecule has 0 heterocycles. The van der Waals surface area contributed by atoms with Gasteiger partial charge in [-0.3, -0.25) is 4.99 Å². The van der Waals surface area contributed by atoms with Crippen LogP contribution >= 0.6 is 35.6 Å². The van der Waals surface area contributed by atoms with Crippen LogP contribution in [0, 0.1) is 0 Å². The van der Waals surface area contributed by atoms with Gasteiger partial charge in [0.25, 0.3) is 0 Å². The topological polar surface area (TPSA) is 45.7 Å². The third kappa shape index (κ3) is 6.67. The monoisotopic (exact) mass is 459 g/mol. The molecule has 0 radical (unpaired) electrons. The van der Waals surface area contributed by atoms with Gasteiger partial charge in [0.1, 0.15) is 0 Å². The van der Waals surface area contributed by atoms with Crippen molar-refractivity contribution in [2.24, 2.45) is 4.99 Å². The number of nitrogens with one attached hydrogen (secondary N) is 2. The Kier molecular flexibility index (Phi) is 9.75. The molecule has 0 saturated heterocycles. The molecule has 4 nitrogen and oxygen atoms in total. The first kappa shape index (κ1) is 20.7. The highest BCUT2D eigenvalue weighted by Crippen LogP contribution is 2.10. The fraction of sp³-hybridized carbons (Fsp3) is 0.278. The van der Waals surface area contributed by atoms with Crippen molar-refractivity contribution >= 4 is 41.5 Å². The Bertz CT molecular complexity index is 647. The van der Waals surface area contributed by atoms with Gasteiger partial charge in [0.15, 0.2) is 5.96 Å². The third-order valence-corrected chi connectivity index (χ3v) is 3.71. The summed E-state index contributed by atoms with van der Waals surface area (Å²) in [5.41, 5.74) is 3.52. The van der Waals surface area contributed by atoms with Crippen molar-refractivity contribution in [2.45, 2.75) is 19.7 Å². The molecule has 2 aromatic rings. The zero-order valence-electron chi connectivity index (χ0n) is 13.9. The number of methoxy groups -OCH3 is 1. The predicted molar refractivity (Wildman–Crippen MR) is 111 cm³/mol. The molecule has 0 aliphatic heterocycles. The summed E-state index contributed by atoms with van der Waals surface area (Å²) in [6.45, 7) is 1.99. The maximum absolute atomic E-state index is 5.89. The molecular weight excluding hydrogens is 437 g/mol. The number of rotatable bonds is 6. The van der Waals surface area contributed by atoms with E-state index in [2.05, 4.69) is 27.8 Å². The number of hydrogen-bond donors (Lipinski definition) is 2. The van der Waals surface area contributed by atoms with Gasteiger partial charge in [-0.05, 0) is 28.8 Å². The van der Waals surface area contributed by atoms with E-state index >= 15 is 0 Å². The highest BCUT2D eigenvalue weighted by atomic mass is 127. The second kappa shape index (κ2) is 11.3. The maximum Gasteiger partial charge on any atom is 0.191 e. The minimum atomic E-state index is 0. The zero-order chi connectivity index (χ0) is 16.5. The Labute approximate surface area is 165 Å². The van der Waals surface area contributed by atoms with E-state index in [1.54, 1.807) is 14.2 Å². The summed E-state index contributed by atoms with van der Waals surface area (Å²) in [6.07, 6.45) is 0. The third-order valence-electron chi connectivity index (χ3n) is 3.46. The summed E-state index contributed by atoms with van der Waals surface area (Å²) in [4.78, 5) is 4.25. The first-order chi connectivity index (χ1) is 11.2. The summed E-state index contributed by atoms with van der Waals surface area (Å²) in [5.74, 6) is 0.757. The molecule has 0 unspecified atom stereocenters. The van der Waals surface area contributed by atoms with Crippen LogP contribution in [0.3, 0.4) is 0 Å². The Hall–Kier alpha value is -1.31.